The van der Waals surface area contributed by atoms with Gasteiger partial charge in [0.1, 0.15) is 0 Å². The van der Waals surface area contributed by atoms with Crippen molar-refractivity contribution >= 4 is 5.91 Å². The van der Waals surface area contributed by atoms with Crippen LogP contribution in [0.4, 0.5) is 0 Å². The normalized spacial score (nSPS) is 23.6. The summed E-state index contributed by atoms with van der Waals surface area (Å²) in [6.45, 7) is 7.51. The molecule has 4 heteroatoms. The monoisotopic (exact) mass is 228 g/mol. The quantitative estimate of drug-likeness (QED) is 0.748. The molecular formula is C12H24N2O2. The summed E-state index contributed by atoms with van der Waals surface area (Å²) in [6.07, 6.45) is 1.59. The number of aliphatic hydroxyl groups is 1. The number of amides is 1. The molecule has 0 radical (unpaired) electrons. The fourth-order valence-electron chi connectivity index (χ4n) is 2.18. The third kappa shape index (κ3) is 4.49. The van der Waals surface area contributed by atoms with Crippen LogP contribution in [-0.4, -0.2) is 41.1 Å². The Kier molecular flexibility index (Phi) is 4.33. The molecule has 1 saturated heterocycles. The molecule has 2 atom stereocenters. The van der Waals surface area contributed by atoms with Crippen LogP contribution in [0, 0.1) is 5.41 Å². The van der Waals surface area contributed by atoms with Gasteiger partial charge < -0.3 is 15.7 Å². The van der Waals surface area contributed by atoms with E-state index in [1.54, 1.807) is 4.90 Å². The predicted molar refractivity (Wildman–Crippen MR) is 63.9 cm³/mol. The molecule has 1 rings (SSSR count). The zero-order valence-electron chi connectivity index (χ0n) is 10.6. The van der Waals surface area contributed by atoms with Crippen molar-refractivity contribution in [3.05, 3.63) is 0 Å². The lowest BCUT2D eigenvalue weighted by Crippen LogP contribution is -2.36. The Morgan fingerprint density at radius 1 is 1.56 bits per heavy atom. The van der Waals surface area contributed by atoms with Gasteiger partial charge in [-0.2, -0.15) is 0 Å². The molecule has 94 valence electrons. The molecule has 1 amide bonds. The first kappa shape index (κ1) is 13.5. The van der Waals surface area contributed by atoms with Crippen LogP contribution >= 0.6 is 0 Å². The van der Waals surface area contributed by atoms with Crippen LogP contribution < -0.4 is 5.73 Å². The van der Waals surface area contributed by atoms with E-state index in [0.29, 0.717) is 25.9 Å². The number of aliphatic hydroxyl groups excluding tert-OH is 1. The summed E-state index contributed by atoms with van der Waals surface area (Å²) in [5.74, 6) is 0.0771. The molecule has 16 heavy (non-hydrogen) atoms. The zero-order chi connectivity index (χ0) is 12.3. The largest absolute Gasteiger partial charge is 0.391 e. The molecule has 1 aliphatic heterocycles. The Morgan fingerprint density at radius 2 is 2.19 bits per heavy atom. The Morgan fingerprint density at radius 3 is 2.62 bits per heavy atom. The number of rotatable bonds is 3. The topological polar surface area (TPSA) is 66.6 Å². The number of hydrogen-bond acceptors (Lipinski definition) is 3. The molecule has 0 aromatic heterocycles. The van der Waals surface area contributed by atoms with Crippen molar-refractivity contribution in [3.8, 4) is 0 Å². The van der Waals surface area contributed by atoms with Gasteiger partial charge in [0.25, 0.3) is 0 Å². The second-order valence-corrected chi connectivity index (χ2v) is 6.01. The molecule has 0 aliphatic carbocycles. The van der Waals surface area contributed by atoms with Crippen molar-refractivity contribution in [3.63, 3.8) is 0 Å². The van der Waals surface area contributed by atoms with E-state index in [4.69, 9.17) is 5.73 Å². The van der Waals surface area contributed by atoms with Crippen molar-refractivity contribution in [1.29, 1.82) is 0 Å². The molecule has 0 spiro atoms. The fourth-order valence-corrected chi connectivity index (χ4v) is 2.18. The lowest BCUT2D eigenvalue weighted by Gasteiger charge is -2.24. The number of likely N-dealkylation sites (tertiary alicyclic amines) is 1. The van der Waals surface area contributed by atoms with Gasteiger partial charge in [0.05, 0.1) is 6.10 Å². The molecule has 0 bridgehead atoms. The second-order valence-electron chi connectivity index (χ2n) is 6.01. The molecular weight excluding hydrogens is 204 g/mol. The van der Waals surface area contributed by atoms with Gasteiger partial charge in [-0.1, -0.05) is 20.8 Å². The third-order valence-corrected chi connectivity index (χ3v) is 2.83. The van der Waals surface area contributed by atoms with Gasteiger partial charge in [-0.15, -0.1) is 0 Å². The highest BCUT2D eigenvalue weighted by molar-refractivity contribution is 5.77. The van der Waals surface area contributed by atoms with Crippen LogP contribution in [0.1, 0.15) is 40.0 Å². The van der Waals surface area contributed by atoms with Gasteiger partial charge in [0.2, 0.25) is 5.91 Å². The minimum absolute atomic E-state index is 0.0771. The number of hydrogen-bond donors (Lipinski definition) is 2. The van der Waals surface area contributed by atoms with Gasteiger partial charge >= 0.3 is 0 Å². The minimum atomic E-state index is -0.345. The zero-order valence-corrected chi connectivity index (χ0v) is 10.6. The lowest BCUT2D eigenvalue weighted by atomic mass is 9.87. The van der Waals surface area contributed by atoms with Gasteiger partial charge in [-0.3, -0.25) is 4.79 Å². The van der Waals surface area contributed by atoms with Gasteiger partial charge in [0, 0.05) is 25.6 Å². The van der Waals surface area contributed by atoms with Crippen LogP contribution in [0.3, 0.4) is 0 Å². The van der Waals surface area contributed by atoms with Crippen molar-refractivity contribution in [2.24, 2.45) is 11.1 Å². The van der Waals surface area contributed by atoms with Crippen LogP contribution in [0.15, 0.2) is 0 Å². The van der Waals surface area contributed by atoms with Crippen LogP contribution in [0.25, 0.3) is 0 Å². The average Bonchev–Trinajstić information content (AvgIpc) is 2.47. The van der Waals surface area contributed by atoms with Crippen LogP contribution in [-0.2, 0) is 4.79 Å². The van der Waals surface area contributed by atoms with E-state index in [1.165, 1.54) is 0 Å². The number of nitrogens with zero attached hydrogens (tertiary/aromatic N) is 1. The highest BCUT2D eigenvalue weighted by atomic mass is 16.3. The van der Waals surface area contributed by atoms with Crippen LogP contribution in [0.5, 0.6) is 0 Å². The highest BCUT2D eigenvalue weighted by Crippen LogP contribution is 2.21. The van der Waals surface area contributed by atoms with Crippen molar-refractivity contribution < 1.29 is 9.90 Å². The fraction of sp³-hybridized carbons (Fsp3) is 0.917. The van der Waals surface area contributed by atoms with Crippen molar-refractivity contribution in [1.82, 2.24) is 4.90 Å². The molecule has 4 nitrogen and oxygen atoms in total. The highest BCUT2D eigenvalue weighted by Gasteiger charge is 2.26. The lowest BCUT2D eigenvalue weighted by molar-refractivity contribution is -0.131. The Labute approximate surface area is 97.8 Å². The molecule has 3 N–H and O–H groups in total. The first-order valence-electron chi connectivity index (χ1n) is 5.99. The standard InChI is InChI=1S/C12H24N2O2/c1-12(2,3)7-9(13)6-11(16)14-5-4-10(15)8-14/h9-10,15H,4-8,13H2,1-3H3. The minimum Gasteiger partial charge on any atom is -0.391 e. The van der Waals surface area contributed by atoms with E-state index in [-0.39, 0.29) is 23.5 Å². The molecule has 1 heterocycles. The Balaban J connectivity index is 2.34. The van der Waals surface area contributed by atoms with E-state index in [0.717, 1.165) is 6.42 Å². The first-order valence-corrected chi connectivity index (χ1v) is 5.99. The van der Waals surface area contributed by atoms with E-state index in [2.05, 4.69) is 20.8 Å². The summed E-state index contributed by atoms with van der Waals surface area (Å²) in [5, 5.41) is 9.34. The number of carbonyl (C=O) groups is 1. The number of β-amino-alcohol motifs (C(OH)–C–C–N with tert-alkyl or cyclic N) is 1. The average molecular weight is 228 g/mol. The summed E-state index contributed by atoms with van der Waals surface area (Å²) in [5.41, 5.74) is 6.11. The van der Waals surface area contributed by atoms with Crippen LogP contribution in [0.2, 0.25) is 0 Å². The molecule has 2 unspecified atom stereocenters. The second kappa shape index (κ2) is 5.15. The summed E-state index contributed by atoms with van der Waals surface area (Å²) >= 11 is 0. The van der Waals surface area contributed by atoms with E-state index >= 15 is 0 Å². The van der Waals surface area contributed by atoms with E-state index in [9.17, 15) is 9.90 Å². The van der Waals surface area contributed by atoms with E-state index in [1.807, 2.05) is 0 Å². The third-order valence-electron chi connectivity index (χ3n) is 2.83. The molecule has 1 fully saturated rings. The van der Waals surface area contributed by atoms with Crippen molar-refractivity contribution in [2.45, 2.75) is 52.2 Å². The number of nitrogens with two attached hydrogens (primary N) is 1. The Bertz CT molecular complexity index is 248. The van der Waals surface area contributed by atoms with Gasteiger partial charge in [0.15, 0.2) is 0 Å². The number of carbonyl (C=O) groups excluding carboxylic acids is 1. The summed E-state index contributed by atoms with van der Waals surface area (Å²) in [6, 6.07) is -0.0785. The smallest absolute Gasteiger partial charge is 0.224 e. The molecule has 0 saturated carbocycles. The van der Waals surface area contributed by atoms with Gasteiger partial charge in [-0.05, 0) is 18.3 Å². The van der Waals surface area contributed by atoms with E-state index < -0.39 is 0 Å². The molecule has 0 aromatic carbocycles. The summed E-state index contributed by atoms with van der Waals surface area (Å²) in [4.78, 5) is 13.5. The maximum atomic E-state index is 11.8. The maximum absolute atomic E-state index is 11.8. The maximum Gasteiger partial charge on any atom is 0.224 e. The molecule has 1 aliphatic rings. The molecule has 0 aromatic rings. The van der Waals surface area contributed by atoms with Crippen molar-refractivity contribution in [2.75, 3.05) is 13.1 Å². The SMILES string of the molecule is CC(C)(C)CC(N)CC(=O)N1CCC(O)C1. The first-order chi connectivity index (χ1) is 7.28. The summed E-state index contributed by atoms with van der Waals surface area (Å²) in [7, 11) is 0. The van der Waals surface area contributed by atoms with Gasteiger partial charge in [-0.25, -0.2) is 0 Å². The Hall–Kier alpha value is -0.610. The summed E-state index contributed by atoms with van der Waals surface area (Å²) < 4.78 is 0. The predicted octanol–water partition coefficient (Wildman–Crippen LogP) is 0.733.